The summed E-state index contributed by atoms with van der Waals surface area (Å²) in [5.74, 6) is 2.41. The average molecular weight is 521 g/mol. The molecule has 2 fully saturated rings. The number of fused-ring (bicyclic) bond motifs is 1. The van der Waals surface area contributed by atoms with Gasteiger partial charge in [0.25, 0.3) is 0 Å². The molecule has 3 aromatic rings. The van der Waals surface area contributed by atoms with E-state index in [0.717, 1.165) is 86.9 Å². The van der Waals surface area contributed by atoms with E-state index in [1.165, 1.54) is 11.1 Å². The molecule has 2 aromatic carbocycles. The molecule has 2 N–H and O–H groups in total. The van der Waals surface area contributed by atoms with E-state index >= 15 is 0 Å². The fourth-order valence-electron chi connectivity index (χ4n) is 5.13. The Kier molecular flexibility index (Phi) is 8.78. The number of morpholine rings is 2. The summed E-state index contributed by atoms with van der Waals surface area (Å²) in [6.07, 6.45) is 1.94. The minimum absolute atomic E-state index is 0.0423. The molecule has 2 aliphatic heterocycles. The topological polar surface area (TPSA) is 84.0 Å². The molecule has 9 heteroatoms. The number of benzene rings is 2. The fourth-order valence-corrected chi connectivity index (χ4v) is 5.13. The lowest BCUT2D eigenvalue weighted by atomic mass is 10.0. The van der Waals surface area contributed by atoms with E-state index < -0.39 is 0 Å². The standard InChI is InChI=1S/C29H40N6O3/c1-21-6-4-8-24(18-21)30-22(2)31-28-25-19-23(7-5-9-34-10-14-37-15-11-34)27(36-3)20-26(25)32-29(33-28)35-12-16-38-17-13-35/h4,6,8,18-20,22,30H,5,7,9-17H2,1-3H3,(H,31,32,33). The number of nitrogens with one attached hydrogen (secondary N) is 2. The number of hydrogen-bond acceptors (Lipinski definition) is 9. The summed E-state index contributed by atoms with van der Waals surface area (Å²) < 4.78 is 16.9. The zero-order chi connectivity index (χ0) is 26.3. The quantitative estimate of drug-likeness (QED) is 0.387. The number of ether oxygens (including phenoxy) is 3. The van der Waals surface area contributed by atoms with Gasteiger partial charge in [-0.05, 0) is 62.6 Å². The maximum absolute atomic E-state index is 5.83. The van der Waals surface area contributed by atoms with Crippen molar-refractivity contribution in [2.75, 3.05) is 81.8 Å². The van der Waals surface area contributed by atoms with Gasteiger partial charge in [0, 0.05) is 43.3 Å². The van der Waals surface area contributed by atoms with Gasteiger partial charge in [-0.3, -0.25) is 4.90 Å². The second kappa shape index (κ2) is 12.6. The molecule has 2 aliphatic rings. The Morgan fingerprint density at radius 2 is 1.74 bits per heavy atom. The molecule has 2 saturated heterocycles. The van der Waals surface area contributed by atoms with Crippen LogP contribution in [-0.2, 0) is 15.9 Å². The Labute approximate surface area is 225 Å². The maximum Gasteiger partial charge on any atom is 0.228 e. The molecular formula is C29H40N6O3. The molecular weight excluding hydrogens is 480 g/mol. The highest BCUT2D eigenvalue weighted by molar-refractivity contribution is 5.92. The molecule has 0 spiro atoms. The third-order valence-electron chi connectivity index (χ3n) is 7.16. The Hall–Kier alpha value is -3.14. The van der Waals surface area contributed by atoms with Crippen LogP contribution < -0.4 is 20.3 Å². The van der Waals surface area contributed by atoms with Crippen molar-refractivity contribution in [3.05, 3.63) is 47.5 Å². The molecule has 9 nitrogen and oxygen atoms in total. The van der Waals surface area contributed by atoms with E-state index in [9.17, 15) is 0 Å². The van der Waals surface area contributed by atoms with Crippen LogP contribution in [-0.4, -0.2) is 87.3 Å². The van der Waals surface area contributed by atoms with Crippen molar-refractivity contribution in [2.45, 2.75) is 32.9 Å². The van der Waals surface area contributed by atoms with Gasteiger partial charge >= 0.3 is 0 Å². The lowest BCUT2D eigenvalue weighted by Crippen LogP contribution is -2.37. The van der Waals surface area contributed by atoms with Gasteiger partial charge in [-0.1, -0.05) is 12.1 Å². The lowest BCUT2D eigenvalue weighted by molar-refractivity contribution is 0.0374. The minimum Gasteiger partial charge on any atom is -0.496 e. The molecule has 3 heterocycles. The summed E-state index contributed by atoms with van der Waals surface area (Å²) in [7, 11) is 1.74. The molecule has 0 saturated carbocycles. The largest absolute Gasteiger partial charge is 0.496 e. The number of nitrogens with zero attached hydrogens (tertiary/aromatic N) is 4. The number of anilines is 3. The van der Waals surface area contributed by atoms with Crippen LogP contribution in [0.15, 0.2) is 36.4 Å². The highest BCUT2D eigenvalue weighted by Crippen LogP contribution is 2.32. The van der Waals surface area contributed by atoms with Gasteiger partial charge in [-0.2, -0.15) is 4.98 Å². The van der Waals surface area contributed by atoms with Gasteiger partial charge in [0.2, 0.25) is 5.95 Å². The number of hydrogen-bond donors (Lipinski definition) is 2. The zero-order valence-corrected chi connectivity index (χ0v) is 22.8. The molecule has 5 rings (SSSR count). The van der Waals surface area contributed by atoms with Crippen molar-refractivity contribution in [1.29, 1.82) is 0 Å². The van der Waals surface area contributed by atoms with Gasteiger partial charge in [-0.25, -0.2) is 4.98 Å². The summed E-state index contributed by atoms with van der Waals surface area (Å²) in [4.78, 5) is 14.6. The van der Waals surface area contributed by atoms with Gasteiger partial charge in [-0.15, -0.1) is 0 Å². The van der Waals surface area contributed by atoms with Crippen LogP contribution in [0.4, 0.5) is 17.5 Å². The summed E-state index contributed by atoms with van der Waals surface area (Å²) in [6, 6.07) is 12.7. The molecule has 0 radical (unpaired) electrons. The highest BCUT2D eigenvalue weighted by Gasteiger charge is 2.20. The average Bonchev–Trinajstić information content (AvgIpc) is 2.94. The van der Waals surface area contributed by atoms with E-state index in [0.29, 0.717) is 19.2 Å². The van der Waals surface area contributed by atoms with Crippen molar-refractivity contribution in [2.24, 2.45) is 0 Å². The van der Waals surface area contributed by atoms with Gasteiger partial charge in [0.15, 0.2) is 0 Å². The second-order valence-corrected chi connectivity index (χ2v) is 10.1. The number of methoxy groups -OCH3 is 1. The van der Waals surface area contributed by atoms with Crippen LogP contribution in [0.1, 0.15) is 24.5 Å². The third kappa shape index (κ3) is 6.64. The van der Waals surface area contributed by atoms with Crippen LogP contribution in [0.25, 0.3) is 10.9 Å². The Balaban J connectivity index is 1.42. The first-order valence-corrected chi connectivity index (χ1v) is 13.7. The van der Waals surface area contributed by atoms with Crippen LogP contribution in [0, 0.1) is 6.92 Å². The highest BCUT2D eigenvalue weighted by atomic mass is 16.5. The number of aryl methyl sites for hydroxylation is 2. The first kappa shape index (κ1) is 26.5. The van der Waals surface area contributed by atoms with Crippen molar-refractivity contribution in [3.8, 4) is 5.75 Å². The molecule has 0 aliphatic carbocycles. The van der Waals surface area contributed by atoms with E-state index in [2.05, 4.69) is 70.7 Å². The number of aromatic nitrogens is 2. The molecule has 1 atom stereocenters. The first-order chi connectivity index (χ1) is 18.6. The van der Waals surface area contributed by atoms with E-state index in [4.69, 9.17) is 24.2 Å². The van der Waals surface area contributed by atoms with Crippen molar-refractivity contribution < 1.29 is 14.2 Å². The van der Waals surface area contributed by atoms with E-state index in [-0.39, 0.29) is 6.17 Å². The molecule has 1 unspecified atom stereocenters. The summed E-state index contributed by atoms with van der Waals surface area (Å²) >= 11 is 0. The molecule has 1 aromatic heterocycles. The summed E-state index contributed by atoms with van der Waals surface area (Å²) in [5.41, 5.74) is 4.35. The molecule has 38 heavy (non-hydrogen) atoms. The normalized spacial score (nSPS) is 17.4. The number of rotatable bonds is 10. The Bertz CT molecular complexity index is 1210. The Morgan fingerprint density at radius 3 is 2.47 bits per heavy atom. The fraction of sp³-hybridized carbons (Fsp3) is 0.517. The van der Waals surface area contributed by atoms with Crippen LogP contribution in [0.3, 0.4) is 0 Å². The lowest BCUT2D eigenvalue weighted by Gasteiger charge is -2.28. The van der Waals surface area contributed by atoms with Crippen LogP contribution in [0.5, 0.6) is 5.75 Å². The minimum atomic E-state index is -0.0423. The van der Waals surface area contributed by atoms with Crippen molar-refractivity contribution >= 4 is 28.4 Å². The van der Waals surface area contributed by atoms with Gasteiger partial charge in [0.05, 0.1) is 45.2 Å². The van der Waals surface area contributed by atoms with E-state index in [1.807, 2.05) is 0 Å². The Morgan fingerprint density at radius 1 is 0.974 bits per heavy atom. The van der Waals surface area contributed by atoms with Crippen molar-refractivity contribution in [1.82, 2.24) is 14.9 Å². The van der Waals surface area contributed by atoms with Crippen LogP contribution >= 0.6 is 0 Å². The van der Waals surface area contributed by atoms with E-state index in [1.54, 1.807) is 7.11 Å². The molecule has 0 amide bonds. The monoisotopic (exact) mass is 520 g/mol. The smallest absolute Gasteiger partial charge is 0.228 e. The van der Waals surface area contributed by atoms with Crippen molar-refractivity contribution in [3.63, 3.8) is 0 Å². The summed E-state index contributed by atoms with van der Waals surface area (Å²) in [6.45, 7) is 11.8. The molecule has 0 bridgehead atoms. The summed E-state index contributed by atoms with van der Waals surface area (Å²) in [5, 5.41) is 8.18. The predicted molar refractivity (Wildman–Crippen MR) is 153 cm³/mol. The second-order valence-electron chi connectivity index (χ2n) is 10.1. The zero-order valence-electron chi connectivity index (χ0n) is 22.8. The first-order valence-electron chi connectivity index (χ1n) is 13.7. The molecule has 204 valence electrons. The van der Waals surface area contributed by atoms with Gasteiger partial charge in [0.1, 0.15) is 11.6 Å². The van der Waals surface area contributed by atoms with Gasteiger partial charge < -0.3 is 29.7 Å². The predicted octanol–water partition coefficient (Wildman–Crippen LogP) is 3.92. The SMILES string of the molecule is COc1cc2nc(N3CCOCC3)nc(NC(C)Nc3cccc(C)c3)c2cc1CCCN1CCOCC1. The van der Waals surface area contributed by atoms with Crippen LogP contribution in [0.2, 0.25) is 0 Å². The maximum atomic E-state index is 5.83. The third-order valence-corrected chi connectivity index (χ3v) is 7.16.